The van der Waals surface area contributed by atoms with Crippen molar-refractivity contribution >= 4 is 5.78 Å². The van der Waals surface area contributed by atoms with Gasteiger partial charge in [0.1, 0.15) is 5.78 Å². The SMILES string of the molecule is CC(C)(C)C(=O)CC(C1CC1)C(C)(C)C. The van der Waals surface area contributed by atoms with E-state index in [0.717, 1.165) is 12.3 Å². The Morgan fingerprint density at radius 1 is 1.13 bits per heavy atom. The lowest BCUT2D eigenvalue weighted by Gasteiger charge is -2.32. The van der Waals surface area contributed by atoms with Crippen molar-refractivity contribution in [1.82, 2.24) is 0 Å². The molecule has 1 saturated carbocycles. The van der Waals surface area contributed by atoms with Crippen molar-refractivity contribution in [3.63, 3.8) is 0 Å². The van der Waals surface area contributed by atoms with Crippen LogP contribution in [-0.2, 0) is 4.79 Å². The van der Waals surface area contributed by atoms with Gasteiger partial charge in [0.25, 0.3) is 0 Å². The van der Waals surface area contributed by atoms with E-state index in [1.54, 1.807) is 0 Å². The van der Waals surface area contributed by atoms with Gasteiger partial charge in [0, 0.05) is 11.8 Å². The van der Waals surface area contributed by atoms with Gasteiger partial charge in [-0.1, -0.05) is 41.5 Å². The molecule has 0 N–H and O–H groups in total. The molecule has 1 heteroatoms. The first-order chi connectivity index (χ1) is 6.62. The zero-order chi connectivity index (χ0) is 11.9. The predicted octanol–water partition coefficient (Wildman–Crippen LogP) is 4.06. The largest absolute Gasteiger partial charge is 0.299 e. The highest BCUT2D eigenvalue weighted by atomic mass is 16.1. The molecule has 0 aromatic rings. The van der Waals surface area contributed by atoms with Crippen molar-refractivity contribution in [1.29, 1.82) is 0 Å². The molecule has 88 valence electrons. The van der Waals surface area contributed by atoms with Gasteiger partial charge < -0.3 is 0 Å². The summed E-state index contributed by atoms with van der Waals surface area (Å²) in [5, 5.41) is 0. The Kier molecular flexibility index (Phi) is 3.33. The molecule has 15 heavy (non-hydrogen) atoms. The monoisotopic (exact) mass is 210 g/mol. The Morgan fingerprint density at radius 2 is 1.60 bits per heavy atom. The smallest absolute Gasteiger partial charge is 0.138 e. The third-order valence-electron chi connectivity index (χ3n) is 3.55. The van der Waals surface area contributed by atoms with Crippen LogP contribution in [0.15, 0.2) is 0 Å². The molecule has 1 fully saturated rings. The summed E-state index contributed by atoms with van der Waals surface area (Å²) in [6, 6.07) is 0. The van der Waals surface area contributed by atoms with Gasteiger partial charge in [0.05, 0.1) is 0 Å². The maximum atomic E-state index is 12.1. The number of hydrogen-bond acceptors (Lipinski definition) is 1. The summed E-state index contributed by atoms with van der Waals surface area (Å²) in [5.74, 6) is 1.83. The molecular weight excluding hydrogens is 184 g/mol. The van der Waals surface area contributed by atoms with Gasteiger partial charge >= 0.3 is 0 Å². The number of Topliss-reactive ketones (excluding diaryl/α,β-unsaturated/α-hetero) is 1. The maximum Gasteiger partial charge on any atom is 0.138 e. The Bertz CT molecular complexity index is 235. The molecule has 1 nitrogen and oxygen atoms in total. The van der Waals surface area contributed by atoms with Crippen molar-refractivity contribution < 1.29 is 4.79 Å². The van der Waals surface area contributed by atoms with Crippen LogP contribution >= 0.6 is 0 Å². The second-order valence-electron chi connectivity index (χ2n) is 7.19. The van der Waals surface area contributed by atoms with Crippen LogP contribution in [0, 0.1) is 22.7 Å². The van der Waals surface area contributed by atoms with E-state index < -0.39 is 0 Å². The highest BCUT2D eigenvalue weighted by Crippen LogP contribution is 2.48. The van der Waals surface area contributed by atoms with Crippen LogP contribution in [-0.4, -0.2) is 5.78 Å². The molecule has 0 spiro atoms. The molecular formula is C14H26O. The molecule has 0 radical (unpaired) electrons. The van der Waals surface area contributed by atoms with Crippen LogP contribution in [0.2, 0.25) is 0 Å². The molecule has 1 rings (SSSR count). The van der Waals surface area contributed by atoms with E-state index in [0.29, 0.717) is 11.7 Å². The third-order valence-corrected chi connectivity index (χ3v) is 3.55. The summed E-state index contributed by atoms with van der Waals surface area (Å²) in [7, 11) is 0. The van der Waals surface area contributed by atoms with Crippen LogP contribution in [0.1, 0.15) is 60.8 Å². The van der Waals surface area contributed by atoms with E-state index in [1.165, 1.54) is 12.8 Å². The number of hydrogen-bond donors (Lipinski definition) is 0. The molecule has 0 bridgehead atoms. The Labute approximate surface area is 94.6 Å². The number of carbonyl (C=O) groups excluding carboxylic acids is 1. The van der Waals surface area contributed by atoms with E-state index >= 15 is 0 Å². The Balaban J connectivity index is 2.64. The average Bonchev–Trinajstić information content (AvgIpc) is 2.77. The van der Waals surface area contributed by atoms with Crippen molar-refractivity contribution in [3.8, 4) is 0 Å². The highest BCUT2D eigenvalue weighted by Gasteiger charge is 2.40. The molecule has 0 amide bonds. The summed E-state index contributed by atoms with van der Waals surface area (Å²) in [6.45, 7) is 12.9. The van der Waals surface area contributed by atoms with Crippen LogP contribution in [0.5, 0.6) is 0 Å². The van der Waals surface area contributed by atoms with Gasteiger partial charge in [-0.2, -0.15) is 0 Å². The van der Waals surface area contributed by atoms with Crippen LogP contribution in [0.4, 0.5) is 0 Å². The van der Waals surface area contributed by atoms with E-state index in [-0.39, 0.29) is 10.8 Å². The topological polar surface area (TPSA) is 17.1 Å². The minimum absolute atomic E-state index is 0.168. The van der Waals surface area contributed by atoms with Gasteiger partial charge in [-0.05, 0) is 30.1 Å². The van der Waals surface area contributed by atoms with Crippen molar-refractivity contribution in [2.75, 3.05) is 0 Å². The number of carbonyl (C=O) groups is 1. The lowest BCUT2D eigenvalue weighted by atomic mass is 9.72. The molecule has 1 atom stereocenters. The minimum Gasteiger partial charge on any atom is -0.299 e. The van der Waals surface area contributed by atoms with Gasteiger partial charge in [0.2, 0.25) is 0 Å². The van der Waals surface area contributed by atoms with Crippen LogP contribution in [0.3, 0.4) is 0 Å². The quantitative estimate of drug-likeness (QED) is 0.686. The van der Waals surface area contributed by atoms with E-state index in [1.807, 2.05) is 20.8 Å². The first kappa shape index (κ1) is 12.7. The lowest BCUT2D eigenvalue weighted by molar-refractivity contribution is -0.128. The number of rotatable bonds is 3. The zero-order valence-electron chi connectivity index (χ0n) is 11.2. The summed E-state index contributed by atoms with van der Waals surface area (Å²) in [4.78, 5) is 12.1. The standard InChI is InChI=1S/C14H26O/c1-13(2,3)11(10-7-8-10)9-12(15)14(4,5)6/h10-11H,7-9H2,1-6H3. The Hall–Kier alpha value is -0.330. The minimum atomic E-state index is -0.168. The van der Waals surface area contributed by atoms with Gasteiger partial charge in [0.15, 0.2) is 0 Å². The maximum absolute atomic E-state index is 12.1. The molecule has 0 heterocycles. The zero-order valence-corrected chi connectivity index (χ0v) is 11.2. The molecule has 0 aromatic carbocycles. The molecule has 0 saturated heterocycles. The Morgan fingerprint density at radius 3 is 1.87 bits per heavy atom. The fourth-order valence-electron chi connectivity index (χ4n) is 2.18. The molecule has 1 aliphatic carbocycles. The summed E-state index contributed by atoms with van der Waals surface area (Å²) in [6.07, 6.45) is 3.44. The predicted molar refractivity (Wildman–Crippen MR) is 64.7 cm³/mol. The second-order valence-corrected chi connectivity index (χ2v) is 7.19. The fraction of sp³-hybridized carbons (Fsp3) is 0.929. The van der Waals surface area contributed by atoms with Crippen LogP contribution < -0.4 is 0 Å². The van der Waals surface area contributed by atoms with E-state index in [9.17, 15) is 4.79 Å². The molecule has 1 unspecified atom stereocenters. The number of ketones is 1. The van der Waals surface area contributed by atoms with Gasteiger partial charge in [-0.15, -0.1) is 0 Å². The first-order valence-corrected chi connectivity index (χ1v) is 6.15. The summed E-state index contributed by atoms with van der Waals surface area (Å²) < 4.78 is 0. The van der Waals surface area contributed by atoms with Crippen molar-refractivity contribution in [2.24, 2.45) is 22.7 Å². The molecule has 1 aliphatic rings. The fourth-order valence-corrected chi connectivity index (χ4v) is 2.18. The second kappa shape index (κ2) is 3.92. The highest BCUT2D eigenvalue weighted by molar-refractivity contribution is 5.83. The average molecular weight is 210 g/mol. The molecule has 0 aromatic heterocycles. The van der Waals surface area contributed by atoms with Crippen molar-refractivity contribution in [2.45, 2.75) is 60.8 Å². The van der Waals surface area contributed by atoms with E-state index in [4.69, 9.17) is 0 Å². The summed E-state index contributed by atoms with van der Waals surface area (Å²) in [5.41, 5.74) is 0.112. The first-order valence-electron chi connectivity index (χ1n) is 6.15. The van der Waals surface area contributed by atoms with Crippen molar-refractivity contribution in [3.05, 3.63) is 0 Å². The lowest BCUT2D eigenvalue weighted by Crippen LogP contribution is -2.30. The molecule has 0 aliphatic heterocycles. The third kappa shape index (κ3) is 3.62. The van der Waals surface area contributed by atoms with Gasteiger partial charge in [-0.3, -0.25) is 4.79 Å². The summed E-state index contributed by atoms with van der Waals surface area (Å²) >= 11 is 0. The van der Waals surface area contributed by atoms with Gasteiger partial charge in [-0.25, -0.2) is 0 Å². The van der Waals surface area contributed by atoms with E-state index in [2.05, 4.69) is 20.8 Å². The van der Waals surface area contributed by atoms with Crippen LogP contribution in [0.25, 0.3) is 0 Å². The normalized spacial score (nSPS) is 20.1.